The Morgan fingerprint density at radius 3 is 2.71 bits per heavy atom. The first-order chi connectivity index (χ1) is 8.31. The molecule has 0 aliphatic heterocycles. The third-order valence-corrected chi connectivity index (χ3v) is 4.34. The van der Waals surface area contributed by atoms with Crippen LogP contribution < -0.4 is 11.3 Å². The predicted octanol–water partition coefficient (Wildman–Crippen LogP) is 2.21. The molecule has 1 heterocycles. The average molecular weight is 267 g/mol. The van der Waals surface area contributed by atoms with Crippen molar-refractivity contribution in [3.63, 3.8) is 0 Å². The van der Waals surface area contributed by atoms with Gasteiger partial charge in [-0.2, -0.15) is 0 Å². The summed E-state index contributed by atoms with van der Waals surface area (Å²) in [6.45, 7) is 0.0886. The Bertz CT molecular complexity index is 470. The van der Waals surface area contributed by atoms with Crippen LogP contribution in [0.5, 0.6) is 0 Å². The second-order valence-corrected chi connectivity index (χ2v) is 5.53. The molecule has 6 heteroatoms. The van der Waals surface area contributed by atoms with Crippen molar-refractivity contribution in [3.05, 3.63) is 40.9 Å². The third-order valence-electron chi connectivity index (χ3n) is 2.16. The maximum Gasteiger partial charge on any atom is 0.197 e. The summed E-state index contributed by atoms with van der Waals surface area (Å²) in [6.07, 6.45) is 1.83. The van der Waals surface area contributed by atoms with Gasteiger partial charge in [-0.15, -0.1) is 23.1 Å². The van der Waals surface area contributed by atoms with Crippen molar-refractivity contribution in [2.75, 3.05) is 5.43 Å². The minimum atomic E-state index is 0.0886. The summed E-state index contributed by atoms with van der Waals surface area (Å²) in [7, 11) is 0. The van der Waals surface area contributed by atoms with E-state index in [0.29, 0.717) is 0 Å². The molecule has 0 radical (unpaired) electrons. The van der Waals surface area contributed by atoms with Gasteiger partial charge in [-0.1, -0.05) is 12.1 Å². The second-order valence-electron chi connectivity index (χ2n) is 3.37. The molecule has 0 aliphatic carbocycles. The van der Waals surface area contributed by atoms with E-state index in [-0.39, 0.29) is 6.61 Å². The van der Waals surface area contributed by atoms with E-state index in [1.165, 1.54) is 9.77 Å². The number of hydrazine groups is 1. The van der Waals surface area contributed by atoms with Crippen molar-refractivity contribution in [3.8, 4) is 0 Å². The van der Waals surface area contributed by atoms with Crippen molar-refractivity contribution in [1.29, 1.82) is 0 Å². The van der Waals surface area contributed by atoms with Gasteiger partial charge in [0, 0.05) is 21.7 Å². The number of benzene rings is 1. The lowest BCUT2D eigenvalue weighted by Gasteiger charge is -2.00. The Hall–Kier alpha value is -1.08. The number of hydrogen-bond donors (Lipinski definition) is 3. The van der Waals surface area contributed by atoms with Crippen LogP contribution in [0, 0.1) is 0 Å². The maximum atomic E-state index is 8.93. The van der Waals surface area contributed by atoms with E-state index < -0.39 is 0 Å². The predicted molar refractivity (Wildman–Crippen MR) is 71.8 cm³/mol. The van der Waals surface area contributed by atoms with E-state index in [1.54, 1.807) is 23.1 Å². The summed E-state index contributed by atoms with van der Waals surface area (Å²) in [5.74, 6) is 6.14. The molecule has 90 valence electrons. The number of thiazole rings is 1. The maximum absolute atomic E-state index is 8.93. The van der Waals surface area contributed by atoms with Crippen LogP contribution in [0.15, 0.2) is 35.4 Å². The molecule has 0 atom stereocenters. The lowest BCUT2D eigenvalue weighted by Crippen LogP contribution is -2.05. The molecule has 0 saturated carbocycles. The van der Waals surface area contributed by atoms with Crippen LogP contribution in [0.25, 0.3) is 0 Å². The molecule has 0 fully saturated rings. The zero-order chi connectivity index (χ0) is 12.1. The molecule has 4 nitrogen and oxygen atoms in total. The quantitative estimate of drug-likeness (QED) is 0.440. The van der Waals surface area contributed by atoms with Gasteiger partial charge in [0.2, 0.25) is 0 Å². The smallest absolute Gasteiger partial charge is 0.197 e. The highest BCUT2D eigenvalue weighted by Crippen LogP contribution is 2.27. The minimum absolute atomic E-state index is 0.0886. The second kappa shape index (κ2) is 6.02. The molecule has 2 rings (SSSR count). The summed E-state index contributed by atoms with van der Waals surface area (Å²) in [4.78, 5) is 6.46. The average Bonchev–Trinajstić information content (AvgIpc) is 2.85. The Balaban J connectivity index is 1.92. The molecule has 0 spiro atoms. The van der Waals surface area contributed by atoms with Crippen molar-refractivity contribution in [2.45, 2.75) is 17.3 Å². The fourth-order valence-corrected chi connectivity index (χ4v) is 2.93. The van der Waals surface area contributed by atoms with Crippen molar-refractivity contribution in [2.24, 2.45) is 5.84 Å². The first kappa shape index (κ1) is 12.4. The SMILES string of the molecule is NNc1ncc(CSc2ccc(CO)cc2)s1. The Labute approximate surface area is 108 Å². The summed E-state index contributed by atoms with van der Waals surface area (Å²) >= 11 is 3.29. The van der Waals surface area contributed by atoms with Gasteiger partial charge >= 0.3 is 0 Å². The number of aliphatic hydroxyl groups is 1. The highest BCUT2D eigenvalue weighted by atomic mass is 32.2. The number of thioether (sulfide) groups is 1. The molecule has 0 unspecified atom stereocenters. The Morgan fingerprint density at radius 2 is 2.12 bits per heavy atom. The number of rotatable bonds is 5. The zero-order valence-corrected chi connectivity index (χ0v) is 10.7. The van der Waals surface area contributed by atoms with Crippen molar-refractivity contribution >= 4 is 28.2 Å². The number of nitrogens with one attached hydrogen (secondary N) is 1. The van der Waals surface area contributed by atoms with Gasteiger partial charge in [0.05, 0.1) is 6.61 Å². The molecule has 0 amide bonds. The number of aliphatic hydroxyl groups excluding tert-OH is 1. The van der Waals surface area contributed by atoms with Crippen LogP contribution in [0.2, 0.25) is 0 Å². The van der Waals surface area contributed by atoms with Crippen LogP contribution in [0.4, 0.5) is 5.13 Å². The molecule has 17 heavy (non-hydrogen) atoms. The normalized spacial score (nSPS) is 10.5. The van der Waals surface area contributed by atoms with E-state index in [2.05, 4.69) is 10.4 Å². The summed E-state index contributed by atoms with van der Waals surface area (Å²) in [5.41, 5.74) is 3.46. The van der Waals surface area contributed by atoms with Crippen molar-refractivity contribution in [1.82, 2.24) is 4.98 Å². The number of nitrogens with two attached hydrogens (primary N) is 1. The van der Waals surface area contributed by atoms with Crippen LogP contribution in [-0.2, 0) is 12.4 Å². The van der Waals surface area contributed by atoms with Gasteiger partial charge in [0.25, 0.3) is 0 Å². The minimum Gasteiger partial charge on any atom is -0.392 e. The van der Waals surface area contributed by atoms with Crippen LogP contribution in [0.3, 0.4) is 0 Å². The van der Waals surface area contributed by atoms with Crippen LogP contribution in [-0.4, -0.2) is 10.1 Å². The molecule has 0 aliphatic rings. The lowest BCUT2D eigenvalue weighted by atomic mass is 10.2. The highest BCUT2D eigenvalue weighted by Gasteiger charge is 2.01. The van der Waals surface area contributed by atoms with Gasteiger partial charge in [-0.25, -0.2) is 10.8 Å². The number of hydrogen-bond acceptors (Lipinski definition) is 6. The zero-order valence-electron chi connectivity index (χ0n) is 9.09. The van der Waals surface area contributed by atoms with Crippen LogP contribution in [0.1, 0.15) is 10.4 Å². The van der Waals surface area contributed by atoms with E-state index in [0.717, 1.165) is 16.4 Å². The van der Waals surface area contributed by atoms with Gasteiger partial charge in [-0.05, 0) is 17.7 Å². The van der Waals surface area contributed by atoms with E-state index in [1.807, 2.05) is 30.5 Å². The molecule has 0 bridgehead atoms. The Morgan fingerprint density at radius 1 is 1.35 bits per heavy atom. The van der Waals surface area contributed by atoms with E-state index >= 15 is 0 Å². The fourth-order valence-electron chi connectivity index (χ4n) is 1.29. The summed E-state index contributed by atoms with van der Waals surface area (Å²) in [6, 6.07) is 7.89. The van der Waals surface area contributed by atoms with Gasteiger partial charge < -0.3 is 5.11 Å². The monoisotopic (exact) mass is 267 g/mol. The third kappa shape index (κ3) is 3.44. The van der Waals surface area contributed by atoms with Crippen molar-refractivity contribution < 1.29 is 5.11 Å². The topological polar surface area (TPSA) is 71.2 Å². The summed E-state index contributed by atoms with van der Waals surface area (Å²) < 4.78 is 0. The molecule has 1 aromatic carbocycles. The van der Waals surface area contributed by atoms with E-state index in [9.17, 15) is 0 Å². The molecular formula is C11H13N3OS2. The number of nitrogen functional groups attached to an aromatic ring is 1. The fraction of sp³-hybridized carbons (Fsp3) is 0.182. The van der Waals surface area contributed by atoms with E-state index in [4.69, 9.17) is 10.9 Å². The largest absolute Gasteiger partial charge is 0.392 e. The molecule has 2 aromatic rings. The first-order valence-electron chi connectivity index (χ1n) is 5.05. The molecule has 0 saturated heterocycles. The highest BCUT2D eigenvalue weighted by molar-refractivity contribution is 7.98. The number of aromatic nitrogens is 1. The van der Waals surface area contributed by atoms with Crippen LogP contribution >= 0.6 is 23.1 Å². The Kier molecular flexibility index (Phi) is 4.38. The molecule has 4 N–H and O–H groups in total. The van der Waals surface area contributed by atoms with Gasteiger partial charge in [-0.3, -0.25) is 5.43 Å². The first-order valence-corrected chi connectivity index (χ1v) is 6.86. The number of anilines is 1. The van der Waals surface area contributed by atoms with Gasteiger partial charge in [0.1, 0.15) is 0 Å². The van der Waals surface area contributed by atoms with Gasteiger partial charge in [0.15, 0.2) is 5.13 Å². The molecule has 1 aromatic heterocycles. The molecular weight excluding hydrogens is 254 g/mol. The standard InChI is InChI=1S/C11H13N3OS2/c12-14-11-13-5-10(17-11)7-16-9-3-1-8(6-15)2-4-9/h1-5,15H,6-7,12H2,(H,13,14). The number of nitrogens with zero attached hydrogens (tertiary/aromatic N) is 1. The summed E-state index contributed by atoms with van der Waals surface area (Å²) in [5, 5.41) is 9.67. The lowest BCUT2D eigenvalue weighted by molar-refractivity contribution is 0.282.